The van der Waals surface area contributed by atoms with Crippen molar-refractivity contribution in [2.45, 2.75) is 71.1 Å². The van der Waals surface area contributed by atoms with Gasteiger partial charge in [-0.05, 0) is 40.8 Å². The van der Waals surface area contributed by atoms with E-state index in [1.54, 1.807) is 6.07 Å². The number of furan rings is 1. The molecule has 32 heavy (non-hydrogen) atoms. The number of aryl methyl sites for hydroxylation is 1. The molecule has 1 aromatic heterocycles. The summed E-state index contributed by atoms with van der Waals surface area (Å²) in [5.74, 6) is -0.397. The van der Waals surface area contributed by atoms with Crippen LogP contribution in [0.5, 0.6) is 0 Å². The molecule has 0 aromatic carbocycles. The molecule has 1 fully saturated rings. The summed E-state index contributed by atoms with van der Waals surface area (Å²) >= 11 is 3.46. The van der Waals surface area contributed by atoms with Gasteiger partial charge in [-0.25, -0.2) is 9.69 Å². The van der Waals surface area contributed by atoms with Crippen LogP contribution in [-0.4, -0.2) is 60.4 Å². The van der Waals surface area contributed by atoms with E-state index in [0.29, 0.717) is 16.7 Å². The maximum absolute atomic E-state index is 13.3. The predicted octanol–water partition coefficient (Wildman–Crippen LogP) is 3.76. The van der Waals surface area contributed by atoms with Crippen molar-refractivity contribution >= 4 is 33.9 Å². The fourth-order valence-electron chi connectivity index (χ4n) is 3.61. The molecule has 2 amide bonds. The summed E-state index contributed by atoms with van der Waals surface area (Å²) < 4.78 is 22.5. The second-order valence-corrected chi connectivity index (χ2v) is 8.94. The summed E-state index contributed by atoms with van der Waals surface area (Å²) in [6, 6.07) is 1.21. The van der Waals surface area contributed by atoms with E-state index in [1.807, 2.05) is 13.8 Å². The first-order chi connectivity index (χ1) is 15.2. The number of cyclic esters (lactones) is 1. The van der Waals surface area contributed by atoms with Crippen LogP contribution in [0.3, 0.4) is 0 Å². The first-order valence-electron chi connectivity index (χ1n) is 10.8. The lowest BCUT2D eigenvalue weighted by molar-refractivity contribution is -0.164. The molecule has 0 radical (unpaired) electrons. The van der Waals surface area contributed by atoms with Crippen LogP contribution in [0.15, 0.2) is 15.0 Å². The Morgan fingerprint density at radius 2 is 1.97 bits per heavy atom. The summed E-state index contributed by atoms with van der Waals surface area (Å²) in [6.45, 7) is 5.27. The Bertz CT molecular complexity index is 793. The molecule has 1 saturated heterocycles. The number of halogens is 1. The number of imide groups is 1. The minimum Gasteiger partial charge on any atom is -0.461 e. The zero-order chi connectivity index (χ0) is 23.8. The number of aliphatic hydroxyl groups is 1. The third kappa shape index (κ3) is 6.55. The first-order valence-corrected chi connectivity index (χ1v) is 11.6. The number of nitrogens with zero attached hydrogens (tertiary/aromatic N) is 1. The van der Waals surface area contributed by atoms with Crippen molar-refractivity contribution < 1.29 is 38.1 Å². The Balaban J connectivity index is 2.25. The molecular weight excluding hydrogens is 486 g/mol. The van der Waals surface area contributed by atoms with E-state index in [-0.39, 0.29) is 24.9 Å². The number of unbranched alkanes of at least 4 members (excludes halogenated alkanes) is 3. The van der Waals surface area contributed by atoms with E-state index < -0.39 is 36.2 Å². The fraction of sp³-hybridized carbons (Fsp3) is 0.682. The predicted molar refractivity (Wildman–Crippen MR) is 118 cm³/mol. The van der Waals surface area contributed by atoms with Gasteiger partial charge in [-0.2, -0.15) is 0 Å². The Labute approximate surface area is 196 Å². The van der Waals surface area contributed by atoms with Crippen LogP contribution in [0.2, 0.25) is 0 Å². The minimum atomic E-state index is -1.29. The molecule has 0 aliphatic carbocycles. The highest BCUT2D eigenvalue weighted by Crippen LogP contribution is 2.33. The van der Waals surface area contributed by atoms with E-state index >= 15 is 0 Å². The maximum Gasteiger partial charge on any atom is 0.417 e. The minimum absolute atomic E-state index is 0.0229. The first kappa shape index (κ1) is 26.3. The number of rotatable bonds is 12. The normalized spacial score (nSPS) is 18.0. The molecule has 0 saturated carbocycles. The SMILES string of the molecule is CO[C@@H](C(=O)N1C(=O)OC[C@H]1C(C)C)[C@@H](OC(C)=O)c1cc(Br)c(CCCCCCO)o1. The molecule has 2 heterocycles. The number of hydrogen-bond acceptors (Lipinski definition) is 8. The smallest absolute Gasteiger partial charge is 0.417 e. The van der Waals surface area contributed by atoms with Gasteiger partial charge in [0.25, 0.3) is 5.91 Å². The van der Waals surface area contributed by atoms with Crippen LogP contribution in [-0.2, 0) is 30.2 Å². The van der Waals surface area contributed by atoms with Crippen molar-refractivity contribution in [1.29, 1.82) is 0 Å². The van der Waals surface area contributed by atoms with Crippen LogP contribution < -0.4 is 0 Å². The quantitative estimate of drug-likeness (QED) is 0.329. The molecule has 1 aliphatic heterocycles. The van der Waals surface area contributed by atoms with Crippen LogP contribution in [0.4, 0.5) is 4.79 Å². The Kier molecular flexibility index (Phi) is 10.2. The topological polar surface area (TPSA) is 116 Å². The monoisotopic (exact) mass is 517 g/mol. The second kappa shape index (κ2) is 12.4. The average Bonchev–Trinajstić information content (AvgIpc) is 3.30. The van der Waals surface area contributed by atoms with Gasteiger partial charge in [0.1, 0.15) is 18.1 Å². The lowest BCUT2D eigenvalue weighted by Crippen LogP contribution is -2.49. The fourth-order valence-corrected chi connectivity index (χ4v) is 4.11. The summed E-state index contributed by atoms with van der Waals surface area (Å²) in [4.78, 5) is 38.4. The molecule has 2 rings (SSSR count). The van der Waals surface area contributed by atoms with E-state index in [2.05, 4.69) is 15.9 Å². The van der Waals surface area contributed by atoms with Gasteiger partial charge >= 0.3 is 12.1 Å². The van der Waals surface area contributed by atoms with E-state index in [0.717, 1.165) is 30.6 Å². The third-order valence-corrected chi connectivity index (χ3v) is 6.02. The van der Waals surface area contributed by atoms with Gasteiger partial charge in [-0.1, -0.05) is 26.7 Å². The highest BCUT2D eigenvalue weighted by molar-refractivity contribution is 9.10. The molecule has 0 unspecified atom stereocenters. The van der Waals surface area contributed by atoms with Crippen molar-refractivity contribution in [2.75, 3.05) is 20.3 Å². The van der Waals surface area contributed by atoms with E-state index in [1.165, 1.54) is 14.0 Å². The second-order valence-electron chi connectivity index (χ2n) is 8.09. The molecule has 0 spiro atoms. The Morgan fingerprint density at radius 3 is 2.56 bits per heavy atom. The van der Waals surface area contributed by atoms with Crippen LogP contribution in [0, 0.1) is 5.92 Å². The largest absolute Gasteiger partial charge is 0.461 e. The number of hydrogen-bond donors (Lipinski definition) is 1. The van der Waals surface area contributed by atoms with Gasteiger partial charge in [0.15, 0.2) is 12.2 Å². The third-order valence-electron chi connectivity index (χ3n) is 5.35. The van der Waals surface area contributed by atoms with E-state index in [9.17, 15) is 14.4 Å². The highest BCUT2D eigenvalue weighted by atomic mass is 79.9. The Hall–Kier alpha value is -1.91. The van der Waals surface area contributed by atoms with Crippen LogP contribution in [0.1, 0.15) is 64.1 Å². The van der Waals surface area contributed by atoms with Gasteiger partial charge in [0.2, 0.25) is 0 Å². The highest BCUT2D eigenvalue weighted by Gasteiger charge is 2.46. The average molecular weight is 518 g/mol. The summed E-state index contributed by atoms with van der Waals surface area (Å²) in [7, 11) is 1.31. The van der Waals surface area contributed by atoms with Crippen molar-refractivity contribution in [1.82, 2.24) is 4.90 Å². The standard InChI is InChI=1S/C22H32BrNO8/c1-13(2)16-12-30-22(28)24(16)21(27)20(29-4)19(31-14(3)26)18-11-15(23)17(32-18)9-7-5-6-8-10-25/h11,13,16,19-20,25H,5-10,12H2,1-4H3/t16-,19-,20+/m0/s1. The molecule has 3 atom stereocenters. The molecule has 1 N–H and O–H groups in total. The van der Waals surface area contributed by atoms with Crippen molar-refractivity contribution in [2.24, 2.45) is 5.92 Å². The Morgan fingerprint density at radius 1 is 1.28 bits per heavy atom. The van der Waals surface area contributed by atoms with Crippen molar-refractivity contribution in [3.05, 3.63) is 22.1 Å². The van der Waals surface area contributed by atoms with Crippen molar-refractivity contribution in [3.8, 4) is 0 Å². The molecule has 180 valence electrons. The van der Waals surface area contributed by atoms with Gasteiger partial charge in [0.05, 0.1) is 10.5 Å². The number of aliphatic hydroxyl groups excluding tert-OH is 1. The summed E-state index contributed by atoms with van der Waals surface area (Å²) in [5, 5.41) is 8.89. The molecule has 10 heteroatoms. The van der Waals surface area contributed by atoms with Gasteiger partial charge in [-0.3, -0.25) is 9.59 Å². The maximum atomic E-state index is 13.3. The number of ether oxygens (including phenoxy) is 3. The molecular formula is C22H32BrNO8. The van der Waals surface area contributed by atoms with Gasteiger partial charge < -0.3 is 23.7 Å². The van der Waals surface area contributed by atoms with Crippen LogP contribution >= 0.6 is 15.9 Å². The summed E-state index contributed by atoms with van der Waals surface area (Å²) in [6.07, 6.45) is 0.884. The van der Waals surface area contributed by atoms with Gasteiger partial charge in [-0.15, -0.1) is 0 Å². The van der Waals surface area contributed by atoms with Gasteiger partial charge in [0, 0.05) is 27.1 Å². The number of methoxy groups -OCH3 is 1. The van der Waals surface area contributed by atoms with Crippen LogP contribution in [0.25, 0.3) is 0 Å². The zero-order valence-corrected chi connectivity index (χ0v) is 20.6. The molecule has 1 aromatic rings. The molecule has 1 aliphatic rings. The lowest BCUT2D eigenvalue weighted by atomic mass is 10.0. The summed E-state index contributed by atoms with van der Waals surface area (Å²) in [5.41, 5.74) is 0. The lowest BCUT2D eigenvalue weighted by Gasteiger charge is -2.29. The number of amides is 2. The zero-order valence-electron chi connectivity index (χ0n) is 19.0. The number of esters is 1. The van der Waals surface area contributed by atoms with E-state index in [4.69, 9.17) is 23.7 Å². The van der Waals surface area contributed by atoms with Crippen molar-refractivity contribution in [3.63, 3.8) is 0 Å². The molecule has 9 nitrogen and oxygen atoms in total. The number of carbonyl (C=O) groups is 3. The number of carbonyl (C=O) groups excluding carboxylic acids is 3. The molecule has 0 bridgehead atoms.